The second-order valence-corrected chi connectivity index (χ2v) is 7.09. The third kappa shape index (κ3) is 5.98. The minimum atomic E-state index is 0. The molecule has 25 heavy (non-hydrogen) atoms. The normalized spacial score (nSPS) is 10.8. The van der Waals surface area contributed by atoms with Crippen LogP contribution in [0.15, 0.2) is 30.3 Å². The van der Waals surface area contributed by atoms with E-state index in [9.17, 15) is 4.79 Å². The molecule has 0 unspecified atom stereocenters. The Bertz CT molecular complexity index is 721. The van der Waals surface area contributed by atoms with Crippen LogP contribution in [0.2, 0.25) is 0 Å². The van der Waals surface area contributed by atoms with Crippen molar-refractivity contribution in [2.45, 2.75) is 27.7 Å². The van der Waals surface area contributed by atoms with Gasteiger partial charge >= 0.3 is 18.9 Å². The number of methoxy groups -OCH3 is 1. The molecule has 2 rings (SSSR count). The maximum absolute atomic E-state index is 12.8. The molecule has 2 aromatic rings. The van der Waals surface area contributed by atoms with Crippen LogP contribution in [0.4, 0.5) is 0 Å². The molecule has 0 saturated heterocycles. The Morgan fingerprint density at radius 3 is 2.16 bits per heavy atom. The van der Waals surface area contributed by atoms with Crippen LogP contribution in [0.1, 0.15) is 32.6 Å². The van der Waals surface area contributed by atoms with Crippen LogP contribution in [0.3, 0.4) is 0 Å². The first-order valence-corrected chi connectivity index (χ1v) is 8.88. The molecule has 0 radical (unpaired) electrons. The van der Waals surface area contributed by atoms with Gasteiger partial charge in [-0.1, -0.05) is 29.3 Å². The van der Waals surface area contributed by atoms with Crippen LogP contribution < -0.4 is 28.9 Å². The molecule has 128 valence electrons. The molecular weight excluding hydrogens is 326 g/mol. The van der Waals surface area contributed by atoms with E-state index in [0.717, 1.165) is 33.3 Å². The zero-order valence-corrected chi connectivity index (χ0v) is 16.9. The van der Waals surface area contributed by atoms with Crippen LogP contribution in [-0.4, -0.2) is 25.8 Å². The summed E-state index contributed by atoms with van der Waals surface area (Å²) in [5, 5.41) is 1.01. The number of rotatable bonds is 7. The molecule has 0 bridgehead atoms. The Labute approximate surface area is 164 Å². The van der Waals surface area contributed by atoms with Crippen LogP contribution in [0.25, 0.3) is 0 Å². The van der Waals surface area contributed by atoms with E-state index in [1.165, 1.54) is 5.56 Å². The largest absolute Gasteiger partial charge is 1.00 e. The Hall–Kier alpha value is -1.10. The second kappa shape index (κ2) is 10.1. The van der Waals surface area contributed by atoms with E-state index in [1.54, 1.807) is 7.11 Å². The fourth-order valence-corrected chi connectivity index (χ4v) is 3.84. The van der Waals surface area contributed by atoms with Crippen molar-refractivity contribution in [2.24, 2.45) is 0 Å². The molecule has 0 aliphatic rings. The van der Waals surface area contributed by atoms with Gasteiger partial charge in [-0.15, -0.1) is 0 Å². The van der Waals surface area contributed by atoms with Gasteiger partial charge in [-0.05, 0) is 56.5 Å². The first-order valence-electron chi connectivity index (χ1n) is 7.98. The predicted molar refractivity (Wildman–Crippen MR) is 100 cm³/mol. The van der Waals surface area contributed by atoms with Gasteiger partial charge in [-0.3, -0.25) is 0 Å². The molecule has 0 spiro atoms. The summed E-state index contributed by atoms with van der Waals surface area (Å²) in [6.45, 7) is 9.15. The Morgan fingerprint density at radius 1 is 0.960 bits per heavy atom. The minimum Gasteiger partial charge on any atom is -0.491 e. The summed E-state index contributed by atoms with van der Waals surface area (Å²) in [5.41, 5.74) is 5.31. The molecule has 0 N–H and O–H groups in total. The number of carbonyl (C=O) groups excluding carboxylic acids is 1. The van der Waals surface area contributed by atoms with E-state index in [0.29, 0.717) is 21.8 Å². The van der Waals surface area contributed by atoms with Gasteiger partial charge in [0.1, 0.15) is 12.4 Å². The van der Waals surface area contributed by atoms with Gasteiger partial charge in [-0.25, -0.2) is 0 Å². The maximum Gasteiger partial charge on any atom is 1.00 e. The van der Waals surface area contributed by atoms with Crippen LogP contribution in [0, 0.1) is 27.7 Å². The number of benzene rings is 2. The number of ether oxygens (including phenoxy) is 2. The molecule has 0 aliphatic carbocycles. The number of hydrogen-bond donors (Lipinski definition) is 0. The van der Waals surface area contributed by atoms with Gasteiger partial charge in [0.15, 0.2) is 0 Å². The molecule has 0 saturated carbocycles. The Morgan fingerprint density at radius 2 is 1.60 bits per heavy atom. The number of hydrogen-bond acceptors (Lipinski definition) is 3. The zero-order valence-electron chi connectivity index (χ0n) is 16.0. The monoisotopic (exact) mass is 350 g/mol. The molecule has 0 aliphatic heterocycles. The van der Waals surface area contributed by atoms with Crippen LogP contribution >= 0.6 is 8.58 Å². The Balaban J connectivity index is 0.00000312. The van der Waals surface area contributed by atoms with E-state index >= 15 is 0 Å². The quantitative estimate of drug-likeness (QED) is 0.430. The molecule has 0 heterocycles. The first kappa shape index (κ1) is 21.9. The van der Waals surface area contributed by atoms with E-state index in [1.807, 2.05) is 39.0 Å². The van der Waals surface area contributed by atoms with Crippen molar-refractivity contribution in [3.05, 3.63) is 58.1 Å². The third-order valence-electron chi connectivity index (χ3n) is 3.84. The smallest absolute Gasteiger partial charge is 0.491 e. The van der Waals surface area contributed by atoms with Crippen molar-refractivity contribution in [2.75, 3.05) is 20.3 Å². The summed E-state index contributed by atoms with van der Waals surface area (Å²) in [6, 6.07) is 9.98. The molecular formula is C20H24LiO3P. The van der Waals surface area contributed by atoms with Crippen molar-refractivity contribution in [1.29, 1.82) is 0 Å². The summed E-state index contributed by atoms with van der Waals surface area (Å²) >= 11 is 0. The van der Waals surface area contributed by atoms with E-state index < -0.39 is 0 Å². The summed E-state index contributed by atoms with van der Waals surface area (Å²) in [4.78, 5) is 12.8. The molecule has 0 aromatic heterocycles. The average Bonchev–Trinajstić information content (AvgIpc) is 2.49. The zero-order chi connectivity index (χ0) is 17.7. The fourth-order valence-electron chi connectivity index (χ4n) is 2.77. The predicted octanol–water partition coefficient (Wildman–Crippen LogP) is 1.36. The maximum atomic E-state index is 12.8. The summed E-state index contributed by atoms with van der Waals surface area (Å²) < 4.78 is 10.6. The van der Waals surface area contributed by atoms with Crippen LogP contribution in [0.5, 0.6) is 5.75 Å². The van der Waals surface area contributed by atoms with Gasteiger partial charge in [0, 0.05) is 12.6 Å². The summed E-state index contributed by atoms with van der Waals surface area (Å²) in [5.74, 6) is 0.804. The third-order valence-corrected chi connectivity index (χ3v) is 5.01. The Kier molecular flexibility index (Phi) is 8.90. The van der Waals surface area contributed by atoms with E-state index in [4.69, 9.17) is 9.47 Å². The SMILES string of the molecule is COCCOc1ccc([P-]C(=O)c2c(C)cc(C)cc2C)c(C)c1.[Li+]. The van der Waals surface area contributed by atoms with E-state index in [-0.39, 0.29) is 24.4 Å². The van der Waals surface area contributed by atoms with Gasteiger partial charge in [0.25, 0.3) is 0 Å². The topological polar surface area (TPSA) is 35.5 Å². The van der Waals surface area contributed by atoms with Crippen molar-refractivity contribution < 1.29 is 33.1 Å². The van der Waals surface area contributed by atoms with Crippen molar-refractivity contribution in [3.8, 4) is 5.75 Å². The molecule has 0 atom stereocenters. The van der Waals surface area contributed by atoms with Crippen molar-refractivity contribution in [1.82, 2.24) is 0 Å². The average molecular weight is 350 g/mol. The van der Waals surface area contributed by atoms with Crippen LogP contribution in [-0.2, 0) is 4.74 Å². The molecule has 2 aromatic carbocycles. The number of aryl methyl sites for hydroxylation is 4. The van der Waals surface area contributed by atoms with Gasteiger partial charge < -0.3 is 22.8 Å². The molecule has 3 nitrogen and oxygen atoms in total. The van der Waals surface area contributed by atoms with Crippen molar-refractivity contribution in [3.63, 3.8) is 0 Å². The van der Waals surface area contributed by atoms with Crippen molar-refractivity contribution >= 4 is 19.4 Å². The summed E-state index contributed by atoms with van der Waals surface area (Å²) in [7, 11) is 2.35. The molecule has 0 fully saturated rings. The minimum absolute atomic E-state index is 0. The molecule has 0 amide bonds. The first-order chi connectivity index (χ1) is 11.4. The fraction of sp³-hybridized carbons (Fsp3) is 0.350. The van der Waals surface area contributed by atoms with Gasteiger partial charge in [0.2, 0.25) is 0 Å². The van der Waals surface area contributed by atoms with E-state index in [2.05, 4.69) is 19.1 Å². The molecule has 5 heteroatoms. The number of carbonyl (C=O) groups is 1. The standard InChI is InChI=1S/C20H24O3P.Li/c1-13-10-15(3)19(16(4)11-13)20(21)24-18-7-6-17(12-14(18)2)23-9-8-22-5;/h6-7,10-12H,8-9H2,1-5H3;/q-1;+1. The summed E-state index contributed by atoms with van der Waals surface area (Å²) in [6.07, 6.45) is 0. The van der Waals surface area contributed by atoms with Gasteiger partial charge in [0.05, 0.1) is 6.61 Å². The van der Waals surface area contributed by atoms with Gasteiger partial charge in [-0.2, -0.15) is 5.30 Å². The second-order valence-electron chi connectivity index (χ2n) is 5.98.